The van der Waals surface area contributed by atoms with Gasteiger partial charge in [0.25, 0.3) is 0 Å². The predicted molar refractivity (Wildman–Crippen MR) is 174 cm³/mol. The zero-order valence-corrected chi connectivity index (χ0v) is 25.4. The fourth-order valence-corrected chi connectivity index (χ4v) is 5.97. The standard InChI is InChI=1S/C34H35N9O4/c44-21-42(17-16-22-10-4-1-5-11-22)34-39-30(35-18-25(23-12-6-2-7-13-23)24-14-8-3-9-15-24)26-32(40-34)43(20-37-26)33-28(46)27(45)29(47-33)31-36-19-38-41-31/h1-15,19-20,25,27-29,33,44-46H,16-18,21H2,(H,35,39,40)(H,36,38,41)/t27-,28+,29-,33+/m0/s1. The van der Waals surface area contributed by atoms with Crippen LogP contribution in [0.5, 0.6) is 0 Å². The molecule has 0 amide bonds. The number of aromatic nitrogens is 7. The number of ether oxygens (including phenoxy) is 1. The summed E-state index contributed by atoms with van der Waals surface area (Å²) in [4.78, 5) is 18.8. The Labute approximate surface area is 270 Å². The van der Waals surface area contributed by atoms with E-state index in [0.717, 1.165) is 16.7 Å². The second-order valence-corrected chi connectivity index (χ2v) is 11.4. The Hall–Kier alpha value is -5.21. The Balaban J connectivity index is 1.26. The third-order valence-corrected chi connectivity index (χ3v) is 8.47. The molecule has 0 aliphatic carbocycles. The van der Waals surface area contributed by atoms with Crippen molar-refractivity contribution in [1.82, 2.24) is 34.7 Å². The Bertz CT molecular complexity index is 1830. The van der Waals surface area contributed by atoms with Gasteiger partial charge in [-0.15, -0.1) is 10.2 Å². The molecule has 4 atom stereocenters. The molecule has 3 aromatic heterocycles. The fraction of sp³-hybridized carbons (Fsp3) is 0.265. The molecule has 13 nitrogen and oxygen atoms in total. The topological polar surface area (TPSA) is 170 Å². The second-order valence-electron chi connectivity index (χ2n) is 11.4. The second kappa shape index (κ2) is 13.6. The Morgan fingerprint density at radius 1 is 0.894 bits per heavy atom. The van der Waals surface area contributed by atoms with E-state index in [9.17, 15) is 15.3 Å². The predicted octanol–water partition coefficient (Wildman–Crippen LogP) is 3.18. The van der Waals surface area contributed by atoms with Crippen LogP contribution in [0, 0.1) is 0 Å². The molecule has 4 heterocycles. The molecule has 5 N–H and O–H groups in total. The van der Waals surface area contributed by atoms with Gasteiger partial charge in [0, 0.05) is 19.0 Å². The number of imidazole rings is 1. The lowest BCUT2D eigenvalue weighted by atomic mass is 9.91. The van der Waals surface area contributed by atoms with Crippen LogP contribution in [0.25, 0.3) is 11.2 Å². The van der Waals surface area contributed by atoms with E-state index in [1.807, 2.05) is 66.7 Å². The van der Waals surface area contributed by atoms with Gasteiger partial charge in [-0.25, -0.2) is 4.98 Å². The lowest BCUT2D eigenvalue weighted by Crippen LogP contribution is -2.30. The minimum absolute atomic E-state index is 0.00206. The van der Waals surface area contributed by atoms with Crippen molar-refractivity contribution in [3.05, 3.63) is 126 Å². The first-order valence-electron chi connectivity index (χ1n) is 15.5. The summed E-state index contributed by atoms with van der Waals surface area (Å²) < 4.78 is 7.69. The Morgan fingerprint density at radius 2 is 1.57 bits per heavy atom. The molecule has 47 heavy (non-hydrogen) atoms. The van der Waals surface area contributed by atoms with Crippen LogP contribution in [0.3, 0.4) is 0 Å². The quantitative estimate of drug-likeness (QED) is 0.125. The van der Waals surface area contributed by atoms with Crippen molar-refractivity contribution >= 4 is 22.9 Å². The van der Waals surface area contributed by atoms with Crippen LogP contribution in [0.4, 0.5) is 11.8 Å². The minimum atomic E-state index is -1.31. The zero-order chi connectivity index (χ0) is 32.2. The van der Waals surface area contributed by atoms with Gasteiger partial charge in [0.2, 0.25) is 5.95 Å². The third kappa shape index (κ3) is 6.29. The number of benzene rings is 3. The average Bonchev–Trinajstić information content (AvgIpc) is 3.87. The highest BCUT2D eigenvalue weighted by Crippen LogP contribution is 2.39. The number of H-pyrrole nitrogens is 1. The van der Waals surface area contributed by atoms with Crippen molar-refractivity contribution in [2.45, 2.75) is 36.9 Å². The Kier molecular flexibility index (Phi) is 8.84. The first kappa shape index (κ1) is 30.4. The van der Waals surface area contributed by atoms with Gasteiger partial charge in [0.15, 0.2) is 29.0 Å². The largest absolute Gasteiger partial charge is 0.387 e. The van der Waals surface area contributed by atoms with Crippen molar-refractivity contribution in [3.8, 4) is 0 Å². The summed E-state index contributed by atoms with van der Waals surface area (Å²) in [6.07, 6.45) is -1.01. The van der Waals surface area contributed by atoms with E-state index in [0.29, 0.717) is 42.3 Å². The van der Waals surface area contributed by atoms with Gasteiger partial charge in [-0.1, -0.05) is 91.0 Å². The van der Waals surface area contributed by atoms with Crippen molar-refractivity contribution < 1.29 is 20.1 Å². The summed E-state index contributed by atoms with van der Waals surface area (Å²) in [6.45, 7) is 0.618. The summed E-state index contributed by atoms with van der Waals surface area (Å²) in [6, 6.07) is 30.4. The molecule has 0 radical (unpaired) electrons. The molecule has 0 unspecified atom stereocenters. The van der Waals surface area contributed by atoms with E-state index >= 15 is 0 Å². The highest BCUT2D eigenvalue weighted by molar-refractivity contribution is 5.84. The number of hydrogen-bond donors (Lipinski definition) is 5. The molecule has 7 rings (SSSR count). The van der Waals surface area contributed by atoms with Crippen LogP contribution >= 0.6 is 0 Å². The summed E-state index contributed by atoms with van der Waals surface area (Å²) in [5.41, 5.74) is 4.19. The summed E-state index contributed by atoms with van der Waals surface area (Å²) in [7, 11) is 0. The van der Waals surface area contributed by atoms with Crippen molar-refractivity contribution in [1.29, 1.82) is 0 Å². The van der Waals surface area contributed by atoms with Gasteiger partial charge in [0.05, 0.1) is 6.33 Å². The molecule has 1 aliphatic rings. The third-order valence-electron chi connectivity index (χ3n) is 8.47. The fourth-order valence-electron chi connectivity index (χ4n) is 5.97. The Morgan fingerprint density at radius 3 is 2.21 bits per heavy atom. The number of anilines is 2. The molecule has 6 aromatic rings. The molecule has 0 spiro atoms. The van der Waals surface area contributed by atoms with E-state index in [1.54, 1.807) is 9.47 Å². The number of aliphatic hydroxyl groups excluding tert-OH is 3. The number of rotatable bonds is 12. The number of nitrogens with one attached hydrogen (secondary N) is 2. The van der Waals surface area contributed by atoms with Gasteiger partial charge in [-0.2, -0.15) is 9.97 Å². The van der Waals surface area contributed by atoms with Crippen molar-refractivity contribution in [3.63, 3.8) is 0 Å². The monoisotopic (exact) mass is 633 g/mol. The molecule has 3 aromatic carbocycles. The number of aromatic amines is 1. The number of nitrogens with zero attached hydrogens (tertiary/aromatic N) is 7. The van der Waals surface area contributed by atoms with Crippen LogP contribution in [0.2, 0.25) is 0 Å². The molecule has 1 aliphatic heterocycles. The smallest absolute Gasteiger partial charge is 0.231 e. The van der Waals surface area contributed by atoms with E-state index in [4.69, 9.17) is 14.7 Å². The van der Waals surface area contributed by atoms with Gasteiger partial charge >= 0.3 is 0 Å². The molecular formula is C34H35N9O4. The van der Waals surface area contributed by atoms with E-state index in [-0.39, 0.29) is 18.6 Å². The van der Waals surface area contributed by atoms with Crippen LogP contribution < -0.4 is 10.2 Å². The van der Waals surface area contributed by atoms with Crippen LogP contribution in [-0.4, -0.2) is 82.0 Å². The van der Waals surface area contributed by atoms with Gasteiger partial charge < -0.3 is 35.3 Å². The highest BCUT2D eigenvalue weighted by Gasteiger charge is 2.46. The van der Waals surface area contributed by atoms with E-state index < -0.39 is 24.5 Å². The first-order valence-corrected chi connectivity index (χ1v) is 15.5. The molecule has 1 saturated heterocycles. The summed E-state index contributed by atoms with van der Waals surface area (Å²) in [5, 5.41) is 43.7. The maximum absolute atomic E-state index is 11.1. The van der Waals surface area contributed by atoms with Gasteiger partial charge in [-0.05, 0) is 23.1 Å². The van der Waals surface area contributed by atoms with Crippen LogP contribution in [-0.2, 0) is 11.2 Å². The zero-order valence-electron chi connectivity index (χ0n) is 25.4. The van der Waals surface area contributed by atoms with Crippen molar-refractivity contribution in [2.75, 3.05) is 30.0 Å². The lowest BCUT2D eigenvalue weighted by Gasteiger charge is -2.23. The SMILES string of the molecule is OCN(CCc1ccccc1)c1nc(NCC(c2ccccc2)c2ccccc2)c2ncn([C@@H]3O[C@H](c4nnc[nH]4)[C@@H](O)[C@H]3O)c2n1. The van der Waals surface area contributed by atoms with Gasteiger partial charge in [-0.3, -0.25) is 4.57 Å². The molecule has 240 valence electrons. The molecular weight excluding hydrogens is 598 g/mol. The van der Waals surface area contributed by atoms with Crippen LogP contribution in [0.15, 0.2) is 104 Å². The normalized spacial score (nSPS) is 19.4. The highest BCUT2D eigenvalue weighted by atomic mass is 16.6. The van der Waals surface area contributed by atoms with E-state index in [2.05, 4.69) is 49.7 Å². The summed E-state index contributed by atoms with van der Waals surface area (Å²) >= 11 is 0. The number of aliphatic hydroxyl groups is 3. The summed E-state index contributed by atoms with van der Waals surface area (Å²) in [5.74, 6) is 1.02. The molecule has 0 saturated carbocycles. The minimum Gasteiger partial charge on any atom is -0.387 e. The number of hydrogen-bond acceptors (Lipinski definition) is 11. The van der Waals surface area contributed by atoms with Crippen molar-refractivity contribution in [2.24, 2.45) is 0 Å². The van der Waals surface area contributed by atoms with E-state index in [1.165, 1.54) is 12.7 Å². The average molecular weight is 634 g/mol. The number of fused-ring (bicyclic) bond motifs is 1. The molecule has 1 fully saturated rings. The maximum Gasteiger partial charge on any atom is 0.231 e. The molecule has 13 heteroatoms. The maximum atomic E-state index is 11.1. The van der Waals surface area contributed by atoms with Gasteiger partial charge in [0.1, 0.15) is 31.4 Å². The molecule has 0 bridgehead atoms. The van der Waals surface area contributed by atoms with Crippen LogP contribution in [0.1, 0.15) is 40.8 Å². The lowest BCUT2D eigenvalue weighted by molar-refractivity contribution is -0.0382. The first-order chi connectivity index (χ1) is 23.1.